The molecule has 3 heteroatoms. The number of hydrogen-bond donors (Lipinski definition) is 1. The minimum atomic E-state index is 0.558. The minimum Gasteiger partial charge on any atom is -0.352 e. The first kappa shape index (κ1) is 19.0. The van der Waals surface area contributed by atoms with Gasteiger partial charge in [0, 0.05) is 13.6 Å². The van der Waals surface area contributed by atoms with Crippen molar-refractivity contribution in [3.05, 3.63) is 96.2 Å². The van der Waals surface area contributed by atoms with Gasteiger partial charge in [0.05, 0.1) is 11.9 Å². The molecule has 146 valence electrons. The smallest absolute Gasteiger partial charge is 0.203 e. The average Bonchev–Trinajstić information content (AvgIpc) is 3.13. The molecule has 0 bridgehead atoms. The number of benzene rings is 3. The summed E-state index contributed by atoms with van der Waals surface area (Å²) in [7, 11) is 2.05. The Labute approximate surface area is 173 Å². The fourth-order valence-electron chi connectivity index (χ4n) is 3.51. The summed E-state index contributed by atoms with van der Waals surface area (Å²) >= 11 is 0. The molecule has 3 aromatic carbocycles. The molecular formula is C26H27N3. The first-order valence-corrected chi connectivity index (χ1v) is 10.1. The summed E-state index contributed by atoms with van der Waals surface area (Å²) < 4.78 is 2.11. The molecule has 4 rings (SSSR count). The van der Waals surface area contributed by atoms with Crippen LogP contribution < -0.4 is 5.32 Å². The Bertz CT molecular complexity index is 1060. The van der Waals surface area contributed by atoms with Crippen molar-refractivity contribution in [3.8, 4) is 22.4 Å². The van der Waals surface area contributed by atoms with Gasteiger partial charge in [-0.3, -0.25) is 0 Å². The van der Waals surface area contributed by atoms with Gasteiger partial charge in [0.25, 0.3) is 0 Å². The second-order valence-electron chi connectivity index (χ2n) is 7.72. The van der Waals surface area contributed by atoms with Crippen molar-refractivity contribution in [1.29, 1.82) is 0 Å². The predicted octanol–water partition coefficient (Wildman–Crippen LogP) is 6.49. The summed E-state index contributed by atoms with van der Waals surface area (Å²) in [5.74, 6) is 1.43. The molecule has 0 saturated heterocycles. The number of aromatic nitrogens is 2. The molecule has 0 unspecified atom stereocenters. The van der Waals surface area contributed by atoms with Crippen LogP contribution in [0.15, 0.2) is 85.1 Å². The summed E-state index contributed by atoms with van der Waals surface area (Å²) in [6, 6.07) is 27.9. The number of nitrogens with zero attached hydrogens (tertiary/aromatic N) is 2. The first-order chi connectivity index (χ1) is 14.1. The molecule has 3 nitrogen and oxygen atoms in total. The zero-order valence-corrected chi connectivity index (χ0v) is 17.3. The van der Waals surface area contributed by atoms with E-state index in [1.165, 1.54) is 22.3 Å². The van der Waals surface area contributed by atoms with Crippen LogP contribution in [0.1, 0.15) is 30.9 Å². The molecule has 1 aromatic heterocycles. The highest BCUT2D eigenvalue weighted by Gasteiger charge is 2.09. The van der Waals surface area contributed by atoms with E-state index in [1.54, 1.807) is 0 Å². The molecule has 0 aliphatic carbocycles. The zero-order chi connectivity index (χ0) is 20.2. The Morgan fingerprint density at radius 1 is 0.793 bits per heavy atom. The van der Waals surface area contributed by atoms with Crippen molar-refractivity contribution in [1.82, 2.24) is 9.55 Å². The quantitative estimate of drug-likeness (QED) is 0.414. The Kier molecular flexibility index (Phi) is 5.48. The summed E-state index contributed by atoms with van der Waals surface area (Å²) in [4.78, 5) is 4.59. The molecule has 4 aromatic rings. The number of imidazole rings is 1. The highest BCUT2D eigenvalue weighted by Crippen LogP contribution is 2.26. The third-order valence-electron chi connectivity index (χ3n) is 5.37. The van der Waals surface area contributed by atoms with E-state index in [0.717, 1.165) is 23.8 Å². The lowest BCUT2D eigenvalue weighted by Crippen LogP contribution is -2.05. The fraction of sp³-hybridized carbons (Fsp3) is 0.192. The van der Waals surface area contributed by atoms with Crippen molar-refractivity contribution < 1.29 is 0 Å². The lowest BCUT2D eigenvalue weighted by Gasteiger charge is -2.10. The SMILES string of the molecule is CC(C)c1ccc(CNc2ncc(-c3ccc(-c4ccccc4)cc3)n2C)cc1. The van der Waals surface area contributed by atoms with Crippen LogP contribution in [0.25, 0.3) is 22.4 Å². The predicted molar refractivity (Wildman–Crippen MR) is 122 cm³/mol. The maximum absolute atomic E-state index is 4.59. The van der Waals surface area contributed by atoms with E-state index in [0.29, 0.717) is 5.92 Å². The molecule has 1 heterocycles. The van der Waals surface area contributed by atoms with E-state index in [2.05, 4.69) is 109 Å². The molecule has 0 radical (unpaired) electrons. The second kappa shape index (κ2) is 8.36. The Balaban J connectivity index is 1.47. The van der Waals surface area contributed by atoms with Gasteiger partial charge in [0.1, 0.15) is 0 Å². The van der Waals surface area contributed by atoms with Crippen molar-refractivity contribution in [2.75, 3.05) is 5.32 Å². The van der Waals surface area contributed by atoms with E-state index in [4.69, 9.17) is 0 Å². The summed E-state index contributed by atoms with van der Waals surface area (Å²) in [6.07, 6.45) is 1.93. The standard InChI is InChI=1S/C26H27N3/c1-19(2)21-11-9-20(10-12-21)17-27-26-28-18-25(29(26)3)24-15-13-23(14-16-24)22-7-5-4-6-8-22/h4-16,18-19H,17H2,1-3H3,(H,27,28). The van der Waals surface area contributed by atoms with Crippen LogP contribution in [0.4, 0.5) is 5.95 Å². The van der Waals surface area contributed by atoms with Gasteiger partial charge in [0.15, 0.2) is 0 Å². The van der Waals surface area contributed by atoms with Gasteiger partial charge in [-0.1, -0.05) is 92.7 Å². The summed E-state index contributed by atoms with van der Waals surface area (Å²) in [5.41, 5.74) is 7.34. The molecule has 0 spiro atoms. The average molecular weight is 382 g/mol. The van der Waals surface area contributed by atoms with Crippen molar-refractivity contribution in [2.24, 2.45) is 7.05 Å². The Morgan fingerprint density at radius 2 is 1.41 bits per heavy atom. The highest BCUT2D eigenvalue weighted by molar-refractivity contribution is 5.69. The van der Waals surface area contributed by atoms with Gasteiger partial charge in [-0.25, -0.2) is 4.98 Å². The molecule has 0 aliphatic heterocycles. The topological polar surface area (TPSA) is 29.9 Å². The van der Waals surface area contributed by atoms with Crippen LogP contribution >= 0.6 is 0 Å². The lowest BCUT2D eigenvalue weighted by atomic mass is 10.0. The van der Waals surface area contributed by atoms with Crippen molar-refractivity contribution >= 4 is 5.95 Å². The van der Waals surface area contributed by atoms with Gasteiger partial charge in [0.2, 0.25) is 5.95 Å². The highest BCUT2D eigenvalue weighted by atomic mass is 15.2. The van der Waals surface area contributed by atoms with Crippen LogP contribution in [0.5, 0.6) is 0 Å². The van der Waals surface area contributed by atoms with Crippen LogP contribution in [-0.2, 0) is 13.6 Å². The van der Waals surface area contributed by atoms with Gasteiger partial charge in [-0.2, -0.15) is 0 Å². The van der Waals surface area contributed by atoms with Gasteiger partial charge in [-0.05, 0) is 33.7 Å². The van der Waals surface area contributed by atoms with Crippen LogP contribution in [0.3, 0.4) is 0 Å². The number of hydrogen-bond acceptors (Lipinski definition) is 2. The van der Waals surface area contributed by atoms with E-state index < -0.39 is 0 Å². The molecular weight excluding hydrogens is 354 g/mol. The Morgan fingerprint density at radius 3 is 2.07 bits per heavy atom. The van der Waals surface area contributed by atoms with E-state index in [-0.39, 0.29) is 0 Å². The van der Waals surface area contributed by atoms with Gasteiger partial charge >= 0.3 is 0 Å². The third-order valence-corrected chi connectivity index (χ3v) is 5.37. The molecule has 1 N–H and O–H groups in total. The zero-order valence-electron chi connectivity index (χ0n) is 17.3. The van der Waals surface area contributed by atoms with Crippen molar-refractivity contribution in [3.63, 3.8) is 0 Å². The van der Waals surface area contributed by atoms with E-state index in [9.17, 15) is 0 Å². The lowest BCUT2D eigenvalue weighted by molar-refractivity contribution is 0.864. The van der Waals surface area contributed by atoms with Gasteiger partial charge < -0.3 is 9.88 Å². The van der Waals surface area contributed by atoms with E-state index in [1.807, 2.05) is 12.3 Å². The number of anilines is 1. The minimum absolute atomic E-state index is 0.558. The van der Waals surface area contributed by atoms with E-state index >= 15 is 0 Å². The maximum Gasteiger partial charge on any atom is 0.203 e. The molecule has 0 fully saturated rings. The second-order valence-corrected chi connectivity index (χ2v) is 7.72. The van der Waals surface area contributed by atoms with Gasteiger partial charge in [-0.15, -0.1) is 0 Å². The fourth-order valence-corrected chi connectivity index (χ4v) is 3.51. The Hall–Kier alpha value is -3.33. The molecule has 29 heavy (non-hydrogen) atoms. The molecule has 0 saturated carbocycles. The van der Waals surface area contributed by atoms with Crippen LogP contribution in [0, 0.1) is 0 Å². The van der Waals surface area contributed by atoms with Crippen LogP contribution in [0.2, 0.25) is 0 Å². The normalized spacial score (nSPS) is 11.0. The van der Waals surface area contributed by atoms with Crippen molar-refractivity contribution in [2.45, 2.75) is 26.3 Å². The first-order valence-electron chi connectivity index (χ1n) is 10.1. The molecule has 0 aliphatic rings. The summed E-state index contributed by atoms with van der Waals surface area (Å²) in [6.45, 7) is 5.19. The molecule has 0 atom stereocenters. The number of nitrogens with one attached hydrogen (secondary N) is 1. The number of rotatable bonds is 6. The molecule has 0 amide bonds. The largest absolute Gasteiger partial charge is 0.352 e. The summed E-state index contributed by atoms with van der Waals surface area (Å²) in [5, 5.41) is 3.46. The monoisotopic (exact) mass is 381 g/mol. The van der Waals surface area contributed by atoms with Crippen LogP contribution in [-0.4, -0.2) is 9.55 Å². The third kappa shape index (κ3) is 4.24. The maximum atomic E-state index is 4.59.